The molecule has 0 amide bonds. The van der Waals surface area contributed by atoms with Crippen LogP contribution in [0.25, 0.3) is 73.8 Å². The third-order valence-electron chi connectivity index (χ3n) is 9.93. The number of benzene rings is 4. The van der Waals surface area contributed by atoms with Crippen LogP contribution in [0.3, 0.4) is 0 Å². The van der Waals surface area contributed by atoms with E-state index < -0.39 is 168 Å². The number of nitrogens with zero attached hydrogens (tertiary/aromatic N) is 18. The SMILES string of the molecule is [N-]=[N+]=NCC(=O)Oc1ccc(C2CC(=O)c3c(cc(OC(=O)CN=[N+]=[N-])c(-c4c(OC(=O)CN=[N+]=[N-])cc5c(c4OC(=O)CN=[N+]=[N-])C(=O)CC(c4ccc(OC(=O)CN=[N+]=[N-])cc4)O5)c3OC(=O)CN=[N+]=[N-])O2)cc1. The topological polar surface area (TPSA) is 503 Å². The van der Waals surface area contributed by atoms with E-state index in [-0.39, 0.29) is 22.6 Å². The zero-order valence-electron chi connectivity index (χ0n) is 38.2. The lowest BCUT2D eigenvalue weighted by molar-refractivity contribution is -0.134. The molecule has 0 aliphatic carbocycles. The largest absolute Gasteiger partial charge is 0.484 e. The lowest BCUT2D eigenvalue weighted by atomic mass is 9.88. The molecule has 2 unspecified atom stereocenters. The molecule has 34 heteroatoms. The molecule has 0 aromatic heterocycles. The van der Waals surface area contributed by atoms with E-state index in [1.807, 2.05) is 0 Å². The molecule has 2 atom stereocenters. The second kappa shape index (κ2) is 25.6. The molecule has 0 bridgehead atoms. The standard InChI is InChI=1S/C42H28N18O16/c43-55-49-13-31(63)69-21-5-1-19(2-6-21)25-9-23(61)37-27(71-25)11-29(73-33(65)15-51-57-45)39(41(37)75-35(67)17-53-59-47)40-30(74-34(66)16-52-58-46)12-28-38(42(40)76-36(68)18-54-60-48)24(62)10-26(72-28)20-3-7-22(8-4-20)70-32(64)14-50-56-44/h1-8,11-12,25-26H,9-10,13-18H2. The molecule has 4 aromatic carbocycles. The van der Waals surface area contributed by atoms with Crippen LogP contribution in [-0.2, 0) is 28.8 Å². The normalized spacial score (nSPS) is 13.5. The van der Waals surface area contributed by atoms with Crippen LogP contribution in [0.4, 0.5) is 0 Å². The van der Waals surface area contributed by atoms with Gasteiger partial charge in [-0.15, -0.1) is 0 Å². The molecule has 2 aliphatic heterocycles. The first-order valence-corrected chi connectivity index (χ1v) is 21.0. The lowest BCUT2D eigenvalue weighted by Gasteiger charge is -2.31. The van der Waals surface area contributed by atoms with Gasteiger partial charge in [0.05, 0.1) is 24.0 Å². The van der Waals surface area contributed by atoms with Crippen LogP contribution in [0, 0.1) is 0 Å². The van der Waals surface area contributed by atoms with Gasteiger partial charge >= 0.3 is 35.8 Å². The molecule has 0 saturated heterocycles. The van der Waals surface area contributed by atoms with E-state index in [4.69, 9.17) is 71.1 Å². The predicted molar refractivity (Wildman–Crippen MR) is 247 cm³/mol. The molecule has 4 aromatic rings. The number of carbonyl (C=O) groups excluding carboxylic acids is 8. The summed E-state index contributed by atoms with van der Waals surface area (Å²) in [5.74, 6) is -13.8. The summed E-state index contributed by atoms with van der Waals surface area (Å²) in [5.41, 5.74) is 50.8. The number of hydrogen-bond acceptors (Lipinski definition) is 22. The van der Waals surface area contributed by atoms with Gasteiger partial charge in [0.2, 0.25) is 0 Å². The van der Waals surface area contributed by atoms with Crippen molar-refractivity contribution >= 4 is 47.4 Å². The van der Waals surface area contributed by atoms with Crippen molar-refractivity contribution in [2.45, 2.75) is 25.0 Å². The summed E-state index contributed by atoms with van der Waals surface area (Å²) in [6.45, 7) is -5.50. The van der Waals surface area contributed by atoms with E-state index in [9.17, 15) is 38.4 Å². The first kappa shape index (κ1) is 53.8. The zero-order valence-corrected chi connectivity index (χ0v) is 38.2. The molecule has 34 nitrogen and oxygen atoms in total. The van der Waals surface area contributed by atoms with E-state index in [0.29, 0.717) is 0 Å². The van der Waals surface area contributed by atoms with E-state index in [0.717, 1.165) is 12.1 Å². The van der Waals surface area contributed by atoms with Crippen LogP contribution >= 0.6 is 0 Å². The van der Waals surface area contributed by atoms with Gasteiger partial charge in [-0.3, -0.25) is 38.4 Å². The van der Waals surface area contributed by atoms with Crippen LogP contribution in [0.1, 0.15) is 56.9 Å². The predicted octanol–water partition coefficient (Wildman–Crippen LogP) is 8.06. The summed E-state index contributed by atoms with van der Waals surface area (Å²) in [5, 5.41) is 19.0. The fourth-order valence-corrected chi connectivity index (χ4v) is 7.05. The lowest BCUT2D eigenvalue weighted by Crippen LogP contribution is -2.25. The monoisotopic (exact) mass is 1040 g/mol. The Morgan fingerprint density at radius 3 is 0.987 bits per heavy atom. The average Bonchev–Trinajstić information content (AvgIpc) is 3.46. The number of rotatable bonds is 21. The van der Waals surface area contributed by atoms with E-state index in [1.165, 1.54) is 48.5 Å². The summed E-state index contributed by atoms with van der Waals surface area (Å²) in [6.07, 6.45) is -3.60. The van der Waals surface area contributed by atoms with Crippen molar-refractivity contribution in [2.24, 2.45) is 30.7 Å². The summed E-state index contributed by atoms with van der Waals surface area (Å²) >= 11 is 0. The number of carbonyl (C=O) groups is 8. The first-order chi connectivity index (χ1) is 36.7. The average molecular weight is 1040 g/mol. The van der Waals surface area contributed by atoms with Gasteiger partial charge in [0.15, 0.2) is 23.1 Å². The van der Waals surface area contributed by atoms with Gasteiger partial charge in [0.25, 0.3) is 0 Å². The Hall–Kier alpha value is -11.5. The molecule has 0 spiro atoms. The Labute approximate surface area is 420 Å². The zero-order chi connectivity index (χ0) is 54.7. The highest BCUT2D eigenvalue weighted by Crippen LogP contribution is 2.57. The van der Waals surface area contributed by atoms with Crippen molar-refractivity contribution in [2.75, 3.05) is 39.3 Å². The number of ketones is 2. The Morgan fingerprint density at radius 1 is 0.421 bits per heavy atom. The fourth-order valence-electron chi connectivity index (χ4n) is 7.05. The van der Waals surface area contributed by atoms with Crippen LogP contribution in [0.15, 0.2) is 91.3 Å². The minimum Gasteiger partial charge on any atom is -0.484 e. The van der Waals surface area contributed by atoms with Crippen molar-refractivity contribution in [1.82, 2.24) is 0 Å². The summed E-state index contributed by atoms with van der Waals surface area (Å²) in [4.78, 5) is 122. The van der Waals surface area contributed by atoms with Crippen molar-refractivity contribution in [3.63, 3.8) is 0 Å². The van der Waals surface area contributed by atoms with Gasteiger partial charge in [-0.05, 0) is 68.6 Å². The third-order valence-corrected chi connectivity index (χ3v) is 9.93. The van der Waals surface area contributed by atoms with Gasteiger partial charge in [-0.1, -0.05) is 55.0 Å². The molecule has 0 fully saturated rings. The van der Waals surface area contributed by atoms with Gasteiger partial charge in [0.1, 0.15) is 97.1 Å². The van der Waals surface area contributed by atoms with E-state index >= 15 is 0 Å². The van der Waals surface area contributed by atoms with Gasteiger partial charge in [0, 0.05) is 41.6 Å². The Bertz CT molecular complexity index is 3160. The van der Waals surface area contributed by atoms with Crippen LogP contribution in [0.2, 0.25) is 0 Å². The number of fused-ring (bicyclic) bond motifs is 2. The molecule has 2 heterocycles. The molecule has 2 aliphatic rings. The highest BCUT2D eigenvalue weighted by Gasteiger charge is 2.41. The number of hydrogen-bond donors (Lipinski definition) is 0. The molecule has 0 N–H and O–H groups in total. The number of esters is 6. The Kier molecular flexibility index (Phi) is 18.1. The smallest absolute Gasteiger partial charge is 0.317 e. The molecule has 382 valence electrons. The maximum absolute atomic E-state index is 14.6. The maximum atomic E-state index is 14.6. The second-order valence-corrected chi connectivity index (χ2v) is 14.7. The van der Waals surface area contributed by atoms with Gasteiger partial charge in [-0.25, -0.2) is 0 Å². The molecule has 0 saturated carbocycles. The van der Waals surface area contributed by atoms with E-state index in [1.54, 1.807) is 0 Å². The third kappa shape index (κ3) is 13.5. The Balaban J connectivity index is 1.63. The molecular weight excluding hydrogens is 1010 g/mol. The minimum atomic E-state index is -1.42. The van der Waals surface area contributed by atoms with Crippen molar-refractivity contribution in [1.29, 1.82) is 0 Å². The highest BCUT2D eigenvalue weighted by molar-refractivity contribution is 6.11. The summed E-state index contributed by atoms with van der Waals surface area (Å²) in [6, 6.07) is 12.6. The molecule has 0 radical (unpaired) electrons. The quantitative estimate of drug-likeness (QED) is 0.0250. The van der Waals surface area contributed by atoms with E-state index in [2.05, 4.69) is 60.2 Å². The fraction of sp³-hybridized carbons (Fsp3) is 0.238. The summed E-state index contributed by atoms with van der Waals surface area (Å²) in [7, 11) is 0. The summed E-state index contributed by atoms with van der Waals surface area (Å²) < 4.78 is 45.4. The van der Waals surface area contributed by atoms with Crippen molar-refractivity contribution < 1.29 is 76.3 Å². The van der Waals surface area contributed by atoms with Crippen LogP contribution in [0.5, 0.6) is 46.0 Å². The van der Waals surface area contributed by atoms with Crippen LogP contribution < -0.4 is 37.9 Å². The molecule has 76 heavy (non-hydrogen) atoms. The van der Waals surface area contributed by atoms with Crippen molar-refractivity contribution in [3.8, 4) is 57.1 Å². The molecular formula is C42H28N18O16. The highest BCUT2D eigenvalue weighted by atomic mass is 16.6. The minimum absolute atomic E-state index is 0.00645. The second-order valence-electron chi connectivity index (χ2n) is 14.7. The van der Waals surface area contributed by atoms with Crippen molar-refractivity contribution in [3.05, 3.63) is 146 Å². The first-order valence-electron chi connectivity index (χ1n) is 21.0. The van der Waals surface area contributed by atoms with Crippen LogP contribution in [-0.4, -0.2) is 86.7 Å². The van der Waals surface area contributed by atoms with Gasteiger partial charge < -0.3 is 37.9 Å². The number of Topliss-reactive ketones (excluding diaryl/α,β-unsaturated/α-hetero) is 2. The maximum Gasteiger partial charge on any atom is 0.317 e. The number of ether oxygens (including phenoxy) is 8. The molecule has 6 rings (SSSR count). The Morgan fingerprint density at radius 2 is 0.697 bits per heavy atom. The number of azide groups is 6. The van der Waals surface area contributed by atoms with Gasteiger partial charge in [-0.2, -0.15) is 0 Å².